The highest BCUT2D eigenvalue weighted by Gasteiger charge is 2.07. The zero-order valence-corrected chi connectivity index (χ0v) is 13.5. The standard InChI is InChI=1S/C17H17F2N5O/c1-10(23-24-17(20)21)12-2-4-15(5-3-12)22-16(25)8-11-6-13(18)9-14(19)7-11/h2-7,9H,8H2,1H3,(H,22,25)(H4,20,21,24)/b23-10+. The maximum atomic E-state index is 13.1. The number of halogens is 2. The summed E-state index contributed by atoms with van der Waals surface area (Å²) in [5.41, 5.74) is 12.6. The molecule has 0 saturated carbocycles. The fourth-order valence-electron chi connectivity index (χ4n) is 2.09. The van der Waals surface area contributed by atoms with Gasteiger partial charge < -0.3 is 16.8 Å². The van der Waals surface area contributed by atoms with Gasteiger partial charge in [0, 0.05) is 11.8 Å². The summed E-state index contributed by atoms with van der Waals surface area (Å²) in [7, 11) is 0. The number of benzene rings is 2. The molecule has 0 aliphatic rings. The van der Waals surface area contributed by atoms with Crippen LogP contribution in [-0.4, -0.2) is 17.6 Å². The van der Waals surface area contributed by atoms with Gasteiger partial charge in [0.05, 0.1) is 12.1 Å². The van der Waals surface area contributed by atoms with E-state index < -0.39 is 11.6 Å². The third-order valence-electron chi connectivity index (χ3n) is 3.19. The lowest BCUT2D eigenvalue weighted by Crippen LogP contribution is -2.22. The van der Waals surface area contributed by atoms with Crippen LogP contribution in [0.2, 0.25) is 0 Å². The average Bonchev–Trinajstić information content (AvgIpc) is 2.52. The fourth-order valence-corrected chi connectivity index (χ4v) is 2.09. The Morgan fingerprint density at radius 2 is 1.64 bits per heavy atom. The van der Waals surface area contributed by atoms with E-state index >= 15 is 0 Å². The van der Waals surface area contributed by atoms with Gasteiger partial charge in [-0.05, 0) is 42.3 Å². The zero-order valence-electron chi connectivity index (χ0n) is 13.5. The summed E-state index contributed by atoms with van der Waals surface area (Å²) in [4.78, 5) is 12.0. The summed E-state index contributed by atoms with van der Waals surface area (Å²) >= 11 is 0. The zero-order chi connectivity index (χ0) is 18.4. The number of carbonyl (C=O) groups is 1. The van der Waals surface area contributed by atoms with E-state index in [1.54, 1.807) is 31.2 Å². The highest BCUT2D eigenvalue weighted by Crippen LogP contribution is 2.13. The van der Waals surface area contributed by atoms with Crippen LogP contribution in [0.15, 0.2) is 52.7 Å². The molecule has 0 saturated heterocycles. The molecule has 130 valence electrons. The minimum Gasteiger partial charge on any atom is -0.369 e. The largest absolute Gasteiger partial charge is 0.369 e. The summed E-state index contributed by atoms with van der Waals surface area (Å²) < 4.78 is 26.3. The second-order valence-electron chi connectivity index (χ2n) is 5.29. The molecule has 0 atom stereocenters. The Bertz CT molecular complexity index is 807. The van der Waals surface area contributed by atoms with Crippen molar-refractivity contribution in [3.63, 3.8) is 0 Å². The van der Waals surface area contributed by atoms with Crippen LogP contribution in [0.3, 0.4) is 0 Å². The molecule has 5 N–H and O–H groups in total. The molecule has 25 heavy (non-hydrogen) atoms. The number of amides is 1. The Balaban J connectivity index is 2.02. The SMILES string of the molecule is C/C(=N\N=C(N)N)c1ccc(NC(=O)Cc2cc(F)cc(F)c2)cc1. The molecule has 0 spiro atoms. The van der Waals surface area contributed by atoms with Gasteiger partial charge in [0.1, 0.15) is 11.6 Å². The normalized spacial score (nSPS) is 11.1. The Morgan fingerprint density at radius 1 is 1.04 bits per heavy atom. The predicted octanol–water partition coefficient (Wildman–Crippen LogP) is 2.14. The lowest BCUT2D eigenvalue weighted by Gasteiger charge is -2.07. The van der Waals surface area contributed by atoms with Crippen LogP contribution in [-0.2, 0) is 11.2 Å². The van der Waals surface area contributed by atoms with Gasteiger partial charge in [-0.25, -0.2) is 8.78 Å². The number of anilines is 1. The van der Waals surface area contributed by atoms with Crippen molar-refractivity contribution in [1.82, 2.24) is 0 Å². The van der Waals surface area contributed by atoms with Gasteiger partial charge >= 0.3 is 0 Å². The smallest absolute Gasteiger partial charge is 0.228 e. The molecule has 0 heterocycles. The molecule has 6 nitrogen and oxygen atoms in total. The molecule has 0 aliphatic heterocycles. The van der Waals surface area contributed by atoms with E-state index in [9.17, 15) is 13.6 Å². The number of hydrogen-bond donors (Lipinski definition) is 3. The number of nitrogens with two attached hydrogens (primary N) is 2. The molecule has 0 aromatic heterocycles. The van der Waals surface area contributed by atoms with Gasteiger partial charge in [0.15, 0.2) is 0 Å². The quantitative estimate of drug-likeness (QED) is 0.439. The van der Waals surface area contributed by atoms with Crippen LogP contribution >= 0.6 is 0 Å². The van der Waals surface area contributed by atoms with Crippen molar-refractivity contribution in [3.8, 4) is 0 Å². The third-order valence-corrected chi connectivity index (χ3v) is 3.19. The summed E-state index contributed by atoms with van der Waals surface area (Å²) in [6.07, 6.45) is -0.137. The van der Waals surface area contributed by atoms with E-state index in [-0.39, 0.29) is 23.9 Å². The Hall–Kier alpha value is -3.29. The maximum absolute atomic E-state index is 13.1. The molecule has 0 fully saturated rings. The molecule has 0 radical (unpaired) electrons. The van der Waals surface area contributed by atoms with Crippen LogP contribution in [0, 0.1) is 11.6 Å². The maximum Gasteiger partial charge on any atom is 0.228 e. The molecule has 8 heteroatoms. The van der Waals surface area contributed by atoms with Crippen LogP contribution in [0.25, 0.3) is 0 Å². The van der Waals surface area contributed by atoms with Crippen molar-refractivity contribution in [2.24, 2.45) is 21.7 Å². The Labute approximate surface area is 143 Å². The monoisotopic (exact) mass is 345 g/mol. The molecule has 0 bridgehead atoms. The molecule has 0 aliphatic carbocycles. The molecule has 0 unspecified atom stereocenters. The molecule has 1 amide bonds. The highest BCUT2D eigenvalue weighted by molar-refractivity contribution is 5.99. The summed E-state index contributed by atoms with van der Waals surface area (Å²) in [6.45, 7) is 1.73. The van der Waals surface area contributed by atoms with E-state index in [2.05, 4.69) is 15.5 Å². The first kappa shape index (κ1) is 18.1. The van der Waals surface area contributed by atoms with E-state index in [4.69, 9.17) is 11.5 Å². The van der Waals surface area contributed by atoms with Crippen LogP contribution in [0.5, 0.6) is 0 Å². The van der Waals surface area contributed by atoms with Gasteiger partial charge in [0.25, 0.3) is 0 Å². The second-order valence-corrected chi connectivity index (χ2v) is 5.29. The third kappa shape index (κ3) is 5.69. The first-order chi connectivity index (χ1) is 11.8. The minimum atomic E-state index is -0.720. The van der Waals surface area contributed by atoms with Gasteiger partial charge in [-0.3, -0.25) is 4.79 Å². The predicted molar refractivity (Wildman–Crippen MR) is 93.2 cm³/mol. The molecular weight excluding hydrogens is 328 g/mol. The first-order valence-corrected chi connectivity index (χ1v) is 7.32. The van der Waals surface area contributed by atoms with Crippen LogP contribution in [0.1, 0.15) is 18.1 Å². The van der Waals surface area contributed by atoms with Gasteiger partial charge in [-0.2, -0.15) is 5.10 Å². The van der Waals surface area contributed by atoms with Crippen molar-refractivity contribution in [1.29, 1.82) is 0 Å². The van der Waals surface area contributed by atoms with Gasteiger partial charge in [-0.15, -0.1) is 5.10 Å². The number of carbonyl (C=O) groups excluding carboxylic acids is 1. The number of hydrogen-bond acceptors (Lipinski definition) is 3. The van der Waals surface area contributed by atoms with Crippen molar-refractivity contribution in [2.45, 2.75) is 13.3 Å². The lowest BCUT2D eigenvalue weighted by atomic mass is 10.1. The fraction of sp³-hybridized carbons (Fsp3) is 0.118. The van der Waals surface area contributed by atoms with Crippen molar-refractivity contribution in [2.75, 3.05) is 5.32 Å². The van der Waals surface area contributed by atoms with Crippen LogP contribution in [0.4, 0.5) is 14.5 Å². The molecular formula is C17H17F2N5O. The average molecular weight is 345 g/mol. The van der Waals surface area contributed by atoms with E-state index in [1.807, 2.05) is 0 Å². The Morgan fingerprint density at radius 3 is 2.20 bits per heavy atom. The van der Waals surface area contributed by atoms with Crippen molar-refractivity contribution >= 4 is 23.3 Å². The number of guanidine groups is 1. The number of nitrogens with zero attached hydrogens (tertiary/aromatic N) is 2. The van der Waals surface area contributed by atoms with Crippen molar-refractivity contribution < 1.29 is 13.6 Å². The topological polar surface area (TPSA) is 106 Å². The van der Waals surface area contributed by atoms with E-state index in [0.717, 1.165) is 23.8 Å². The summed E-state index contributed by atoms with van der Waals surface area (Å²) in [5.74, 6) is -1.97. The molecule has 2 rings (SSSR count). The van der Waals surface area contributed by atoms with E-state index in [0.29, 0.717) is 11.4 Å². The number of rotatable bonds is 5. The van der Waals surface area contributed by atoms with E-state index in [1.165, 1.54) is 0 Å². The summed E-state index contributed by atoms with van der Waals surface area (Å²) in [5, 5.41) is 10.1. The number of nitrogens with one attached hydrogen (secondary N) is 1. The van der Waals surface area contributed by atoms with Crippen LogP contribution < -0.4 is 16.8 Å². The van der Waals surface area contributed by atoms with Crippen molar-refractivity contribution in [3.05, 3.63) is 65.2 Å². The highest BCUT2D eigenvalue weighted by atomic mass is 19.1. The molecule has 2 aromatic rings. The minimum absolute atomic E-state index is 0.137. The molecule has 2 aromatic carbocycles. The lowest BCUT2D eigenvalue weighted by molar-refractivity contribution is -0.115. The van der Waals surface area contributed by atoms with Gasteiger partial charge in [0.2, 0.25) is 11.9 Å². The first-order valence-electron chi connectivity index (χ1n) is 7.32. The second kappa shape index (κ2) is 8.00. The summed E-state index contributed by atoms with van der Waals surface area (Å²) in [6, 6.07) is 9.82. The Kier molecular flexibility index (Phi) is 5.78. The van der Waals surface area contributed by atoms with Gasteiger partial charge in [-0.1, -0.05) is 12.1 Å².